The number of ether oxygens (including phenoxy) is 1. The Kier molecular flexibility index (Phi) is 2.81. The number of nitrogens with two attached hydrogens (primary N) is 1. The molecule has 0 saturated carbocycles. The second kappa shape index (κ2) is 4.77. The molecule has 8 heteroatoms. The monoisotopic (exact) mass is 258 g/mol. The number of benzene rings is 1. The van der Waals surface area contributed by atoms with Gasteiger partial charge in [0.05, 0.1) is 0 Å². The van der Waals surface area contributed by atoms with Crippen molar-refractivity contribution in [1.82, 2.24) is 25.3 Å². The first-order chi connectivity index (χ1) is 9.31. The summed E-state index contributed by atoms with van der Waals surface area (Å²) in [6.45, 7) is 0.205. The van der Waals surface area contributed by atoms with Gasteiger partial charge in [-0.2, -0.15) is 9.97 Å². The van der Waals surface area contributed by atoms with E-state index >= 15 is 0 Å². The molecule has 2 aromatic heterocycles. The van der Waals surface area contributed by atoms with Crippen molar-refractivity contribution < 1.29 is 9.26 Å². The molecule has 0 unspecified atom stereocenters. The van der Waals surface area contributed by atoms with Gasteiger partial charge in [-0.1, -0.05) is 23.4 Å². The number of H-pyrrole nitrogens is 1. The molecule has 3 rings (SSSR count). The van der Waals surface area contributed by atoms with Gasteiger partial charge in [-0.3, -0.25) is 5.10 Å². The molecule has 96 valence electrons. The lowest BCUT2D eigenvalue weighted by Gasteiger charge is -2.01. The van der Waals surface area contributed by atoms with Crippen molar-refractivity contribution in [1.29, 1.82) is 0 Å². The zero-order valence-electron chi connectivity index (χ0n) is 9.78. The minimum absolute atomic E-state index is 0.121. The number of nitrogen functional groups attached to an aromatic ring is 1. The highest BCUT2D eigenvalue weighted by molar-refractivity contribution is 5.41. The first-order valence-corrected chi connectivity index (χ1v) is 5.50. The van der Waals surface area contributed by atoms with E-state index in [-0.39, 0.29) is 18.4 Å². The maximum Gasteiger partial charge on any atom is 0.295 e. The number of para-hydroxylation sites is 1. The first kappa shape index (κ1) is 11.2. The minimum atomic E-state index is 0.121. The van der Waals surface area contributed by atoms with E-state index < -0.39 is 0 Å². The zero-order valence-corrected chi connectivity index (χ0v) is 9.78. The Morgan fingerprint density at radius 1 is 1.21 bits per heavy atom. The summed E-state index contributed by atoms with van der Waals surface area (Å²) >= 11 is 0. The highest BCUT2D eigenvalue weighted by Gasteiger charge is 2.12. The van der Waals surface area contributed by atoms with Gasteiger partial charge in [-0.25, -0.2) is 0 Å². The van der Waals surface area contributed by atoms with Crippen LogP contribution in [0.25, 0.3) is 11.7 Å². The third-order valence-corrected chi connectivity index (χ3v) is 2.28. The van der Waals surface area contributed by atoms with E-state index in [0.717, 1.165) is 5.75 Å². The summed E-state index contributed by atoms with van der Waals surface area (Å²) < 4.78 is 10.5. The molecule has 0 amide bonds. The van der Waals surface area contributed by atoms with Crippen LogP contribution in [0.3, 0.4) is 0 Å². The summed E-state index contributed by atoms with van der Waals surface area (Å²) in [5.41, 5.74) is 5.39. The molecule has 8 nitrogen and oxygen atoms in total. The lowest BCUT2D eigenvalue weighted by atomic mass is 10.3. The van der Waals surface area contributed by atoms with Gasteiger partial charge in [0.25, 0.3) is 5.89 Å². The Labute approximate surface area is 107 Å². The molecule has 0 aliphatic carbocycles. The molecule has 1 aromatic carbocycles. The largest absolute Gasteiger partial charge is 0.485 e. The van der Waals surface area contributed by atoms with Gasteiger partial charge in [-0.05, 0) is 12.1 Å². The number of aromatic nitrogens is 5. The number of anilines is 1. The number of hydrogen-bond donors (Lipinski definition) is 2. The molecule has 0 aliphatic heterocycles. The van der Waals surface area contributed by atoms with E-state index in [1.54, 1.807) is 0 Å². The van der Waals surface area contributed by atoms with Crippen molar-refractivity contribution in [3.63, 3.8) is 0 Å². The Morgan fingerprint density at radius 3 is 2.79 bits per heavy atom. The summed E-state index contributed by atoms with van der Waals surface area (Å²) in [6.07, 6.45) is 0. The van der Waals surface area contributed by atoms with Crippen molar-refractivity contribution in [2.24, 2.45) is 0 Å². The fraction of sp³-hybridized carbons (Fsp3) is 0.0909. The van der Waals surface area contributed by atoms with Gasteiger partial charge >= 0.3 is 0 Å². The number of nitrogens with one attached hydrogen (secondary N) is 1. The van der Waals surface area contributed by atoms with E-state index in [0.29, 0.717) is 11.6 Å². The van der Waals surface area contributed by atoms with Gasteiger partial charge in [0.15, 0.2) is 6.61 Å². The van der Waals surface area contributed by atoms with Crippen LogP contribution in [0.4, 0.5) is 5.95 Å². The van der Waals surface area contributed by atoms with Gasteiger partial charge in [0.1, 0.15) is 5.75 Å². The quantitative estimate of drug-likeness (QED) is 0.717. The van der Waals surface area contributed by atoms with Crippen LogP contribution >= 0.6 is 0 Å². The summed E-state index contributed by atoms with van der Waals surface area (Å²) in [4.78, 5) is 8.00. The van der Waals surface area contributed by atoms with Gasteiger partial charge in [0.2, 0.25) is 17.6 Å². The maximum absolute atomic E-state index is 5.49. The van der Waals surface area contributed by atoms with Crippen molar-refractivity contribution in [3.8, 4) is 17.5 Å². The summed E-state index contributed by atoms with van der Waals surface area (Å²) in [5.74, 6) is 1.81. The highest BCUT2D eigenvalue weighted by atomic mass is 16.5. The van der Waals surface area contributed by atoms with Crippen LogP contribution in [0, 0.1) is 0 Å². The molecular weight excluding hydrogens is 248 g/mol. The molecule has 0 atom stereocenters. The van der Waals surface area contributed by atoms with Crippen LogP contribution in [0.15, 0.2) is 34.9 Å². The first-order valence-electron chi connectivity index (χ1n) is 5.50. The molecule has 0 bridgehead atoms. The van der Waals surface area contributed by atoms with Gasteiger partial charge in [-0.15, -0.1) is 5.10 Å². The summed E-state index contributed by atoms with van der Waals surface area (Å²) in [7, 11) is 0. The fourth-order valence-electron chi connectivity index (χ4n) is 1.44. The Morgan fingerprint density at radius 2 is 2.05 bits per heavy atom. The average Bonchev–Trinajstić information content (AvgIpc) is 3.06. The van der Waals surface area contributed by atoms with Crippen molar-refractivity contribution >= 4 is 5.95 Å². The standard InChI is InChI=1S/C11H10N6O2/c12-11-14-9(15-16-11)10-13-8(17-19-10)6-18-7-4-2-1-3-5-7/h1-5H,6H2,(H3,12,14,15,16). The average molecular weight is 258 g/mol. The predicted octanol–water partition coefficient (Wildman–Crippen LogP) is 1.02. The van der Waals surface area contributed by atoms with Crippen molar-refractivity contribution in [2.45, 2.75) is 6.61 Å². The van der Waals surface area contributed by atoms with Gasteiger partial charge < -0.3 is 15.0 Å². The topological polar surface area (TPSA) is 116 Å². The molecule has 3 N–H and O–H groups in total. The fourth-order valence-corrected chi connectivity index (χ4v) is 1.44. The van der Waals surface area contributed by atoms with Crippen molar-refractivity contribution in [2.75, 3.05) is 5.73 Å². The van der Waals surface area contributed by atoms with Crippen LogP contribution in [0.5, 0.6) is 5.75 Å². The second-order valence-corrected chi connectivity index (χ2v) is 3.66. The molecule has 3 aromatic rings. The zero-order chi connectivity index (χ0) is 13.1. The number of hydrogen-bond acceptors (Lipinski definition) is 7. The molecule has 2 heterocycles. The van der Waals surface area contributed by atoms with Crippen LogP contribution in [-0.4, -0.2) is 25.3 Å². The summed E-state index contributed by atoms with van der Waals surface area (Å²) in [6, 6.07) is 9.37. The third kappa shape index (κ3) is 2.51. The van der Waals surface area contributed by atoms with Gasteiger partial charge in [0, 0.05) is 0 Å². The lowest BCUT2D eigenvalue weighted by molar-refractivity contribution is 0.287. The number of nitrogens with zero attached hydrogens (tertiary/aromatic N) is 4. The van der Waals surface area contributed by atoms with E-state index in [1.165, 1.54) is 0 Å². The van der Waals surface area contributed by atoms with Crippen LogP contribution in [0.2, 0.25) is 0 Å². The van der Waals surface area contributed by atoms with E-state index in [4.69, 9.17) is 15.0 Å². The number of rotatable bonds is 4. The molecule has 19 heavy (non-hydrogen) atoms. The maximum atomic E-state index is 5.49. The summed E-state index contributed by atoms with van der Waals surface area (Å²) in [5, 5.41) is 10.0. The van der Waals surface area contributed by atoms with Crippen LogP contribution in [-0.2, 0) is 6.61 Å². The molecule has 0 spiro atoms. The SMILES string of the molecule is Nc1n[nH]c(-c2nc(COc3ccccc3)no2)n1. The van der Waals surface area contributed by atoms with E-state index in [1.807, 2.05) is 30.3 Å². The molecule has 0 radical (unpaired) electrons. The molecule has 0 aliphatic rings. The predicted molar refractivity (Wildman–Crippen MR) is 64.9 cm³/mol. The van der Waals surface area contributed by atoms with E-state index in [2.05, 4.69) is 25.3 Å². The second-order valence-electron chi connectivity index (χ2n) is 3.66. The molecular formula is C11H10N6O2. The lowest BCUT2D eigenvalue weighted by Crippen LogP contribution is -1.97. The van der Waals surface area contributed by atoms with Crippen LogP contribution in [0.1, 0.15) is 5.82 Å². The van der Waals surface area contributed by atoms with Crippen molar-refractivity contribution in [3.05, 3.63) is 36.2 Å². The third-order valence-electron chi connectivity index (χ3n) is 2.28. The number of aromatic amines is 1. The smallest absolute Gasteiger partial charge is 0.295 e. The normalized spacial score (nSPS) is 10.5. The minimum Gasteiger partial charge on any atom is -0.485 e. The van der Waals surface area contributed by atoms with Crippen LogP contribution < -0.4 is 10.5 Å². The highest BCUT2D eigenvalue weighted by Crippen LogP contribution is 2.14. The Hall–Kier alpha value is -2.90. The molecule has 0 saturated heterocycles. The molecule has 0 fully saturated rings. The van der Waals surface area contributed by atoms with E-state index in [9.17, 15) is 0 Å². The Balaban J connectivity index is 1.68. The Bertz CT molecular complexity index is 663.